The van der Waals surface area contributed by atoms with Crippen LogP contribution in [0.1, 0.15) is 12.5 Å². The summed E-state index contributed by atoms with van der Waals surface area (Å²) >= 11 is 5.84. The molecule has 7 nitrogen and oxygen atoms in total. The number of rotatable bonds is 6. The van der Waals surface area contributed by atoms with E-state index in [2.05, 4.69) is 14.9 Å². The first-order chi connectivity index (χ1) is 11.5. The fourth-order valence-corrected chi connectivity index (χ4v) is 3.37. The SMILES string of the molecule is CCn1cc(S(=O)(=O)Nc2cccc(Cn3cc(Cl)cn3)c2)cn1. The van der Waals surface area contributed by atoms with Gasteiger partial charge in [-0.2, -0.15) is 10.2 Å². The highest BCUT2D eigenvalue weighted by molar-refractivity contribution is 7.92. The van der Waals surface area contributed by atoms with Crippen molar-refractivity contribution in [3.05, 3.63) is 59.6 Å². The third-order valence-corrected chi connectivity index (χ3v) is 4.90. The second-order valence-electron chi connectivity index (χ2n) is 5.19. The van der Waals surface area contributed by atoms with Gasteiger partial charge in [-0.05, 0) is 24.6 Å². The van der Waals surface area contributed by atoms with Gasteiger partial charge in [-0.3, -0.25) is 14.1 Å². The Bertz CT molecular complexity index is 948. The van der Waals surface area contributed by atoms with Gasteiger partial charge in [0, 0.05) is 24.6 Å². The van der Waals surface area contributed by atoms with Gasteiger partial charge in [0.25, 0.3) is 10.0 Å². The number of anilines is 1. The van der Waals surface area contributed by atoms with Crippen LogP contribution in [0.3, 0.4) is 0 Å². The lowest BCUT2D eigenvalue weighted by Crippen LogP contribution is -2.12. The van der Waals surface area contributed by atoms with Crippen LogP contribution in [0.2, 0.25) is 5.02 Å². The van der Waals surface area contributed by atoms with Gasteiger partial charge in [0.15, 0.2) is 0 Å². The molecule has 0 bridgehead atoms. The maximum Gasteiger partial charge on any atom is 0.265 e. The van der Waals surface area contributed by atoms with Gasteiger partial charge in [0.05, 0.1) is 24.0 Å². The molecule has 3 rings (SSSR count). The zero-order valence-corrected chi connectivity index (χ0v) is 14.5. The molecule has 24 heavy (non-hydrogen) atoms. The predicted octanol–water partition coefficient (Wildman–Crippen LogP) is 2.60. The van der Waals surface area contributed by atoms with E-state index in [0.29, 0.717) is 23.8 Å². The molecule has 1 N–H and O–H groups in total. The summed E-state index contributed by atoms with van der Waals surface area (Å²) in [6, 6.07) is 7.13. The maximum atomic E-state index is 12.4. The van der Waals surface area contributed by atoms with Crippen molar-refractivity contribution >= 4 is 27.3 Å². The standard InChI is InChI=1S/C15H16ClN5O2S/c1-2-20-11-15(8-18-20)24(22,23)19-14-5-3-4-12(6-14)9-21-10-13(16)7-17-21/h3-8,10-11,19H,2,9H2,1H3. The van der Waals surface area contributed by atoms with E-state index >= 15 is 0 Å². The number of nitrogens with one attached hydrogen (secondary N) is 1. The van der Waals surface area contributed by atoms with Crippen molar-refractivity contribution < 1.29 is 8.42 Å². The number of halogens is 1. The van der Waals surface area contributed by atoms with Crippen LogP contribution < -0.4 is 4.72 Å². The fourth-order valence-electron chi connectivity index (χ4n) is 2.22. The molecule has 0 saturated heterocycles. The number of benzene rings is 1. The maximum absolute atomic E-state index is 12.4. The number of nitrogens with zero attached hydrogens (tertiary/aromatic N) is 4. The smallest absolute Gasteiger partial charge is 0.265 e. The fraction of sp³-hybridized carbons (Fsp3) is 0.200. The second kappa shape index (κ2) is 6.66. The lowest BCUT2D eigenvalue weighted by atomic mass is 10.2. The summed E-state index contributed by atoms with van der Waals surface area (Å²) in [5.41, 5.74) is 1.38. The van der Waals surface area contributed by atoms with Crippen molar-refractivity contribution in [1.82, 2.24) is 19.6 Å². The predicted molar refractivity (Wildman–Crippen MR) is 91.5 cm³/mol. The Hall–Kier alpha value is -2.32. The first-order valence-corrected chi connectivity index (χ1v) is 9.14. The van der Waals surface area contributed by atoms with Gasteiger partial charge in [0.1, 0.15) is 4.90 Å². The van der Waals surface area contributed by atoms with E-state index in [1.807, 2.05) is 13.0 Å². The number of hydrogen-bond donors (Lipinski definition) is 1. The number of hydrogen-bond acceptors (Lipinski definition) is 4. The summed E-state index contributed by atoms with van der Waals surface area (Å²) in [6.45, 7) is 3.00. The van der Waals surface area contributed by atoms with Gasteiger partial charge in [0.2, 0.25) is 0 Å². The molecule has 0 aliphatic carbocycles. The largest absolute Gasteiger partial charge is 0.280 e. The molecular formula is C15H16ClN5O2S. The van der Waals surface area contributed by atoms with Gasteiger partial charge in [-0.1, -0.05) is 23.7 Å². The van der Waals surface area contributed by atoms with Crippen molar-refractivity contribution in [2.45, 2.75) is 24.9 Å². The zero-order valence-electron chi connectivity index (χ0n) is 12.9. The van der Waals surface area contributed by atoms with E-state index in [-0.39, 0.29) is 4.90 Å². The molecule has 126 valence electrons. The molecule has 2 aromatic heterocycles. The van der Waals surface area contributed by atoms with Gasteiger partial charge < -0.3 is 0 Å². The van der Waals surface area contributed by atoms with Crippen LogP contribution in [0.15, 0.2) is 53.9 Å². The van der Waals surface area contributed by atoms with Crippen LogP contribution in [0.4, 0.5) is 5.69 Å². The normalized spacial score (nSPS) is 11.6. The summed E-state index contributed by atoms with van der Waals surface area (Å²) in [7, 11) is -3.66. The molecule has 3 aromatic rings. The Labute approximate surface area is 144 Å². The molecule has 9 heteroatoms. The molecule has 0 spiro atoms. The molecule has 0 saturated carbocycles. The molecule has 0 aliphatic heterocycles. The summed E-state index contributed by atoms with van der Waals surface area (Å²) in [5.74, 6) is 0. The third-order valence-electron chi connectivity index (χ3n) is 3.37. The van der Waals surface area contributed by atoms with Crippen LogP contribution in [0.5, 0.6) is 0 Å². The highest BCUT2D eigenvalue weighted by Crippen LogP contribution is 2.18. The highest BCUT2D eigenvalue weighted by atomic mass is 35.5. The lowest BCUT2D eigenvalue weighted by Gasteiger charge is -2.08. The molecule has 0 atom stereocenters. The number of aryl methyl sites for hydroxylation is 1. The Balaban J connectivity index is 1.78. The summed E-state index contributed by atoms with van der Waals surface area (Å²) in [5, 5.41) is 8.66. The molecule has 0 amide bonds. The Morgan fingerprint density at radius 3 is 2.62 bits per heavy atom. The molecule has 0 radical (unpaired) electrons. The van der Waals surface area contributed by atoms with E-state index in [9.17, 15) is 8.42 Å². The Morgan fingerprint density at radius 1 is 1.17 bits per heavy atom. The zero-order chi connectivity index (χ0) is 17.2. The molecule has 0 fully saturated rings. The van der Waals surface area contributed by atoms with Crippen LogP contribution in [0.25, 0.3) is 0 Å². The molecule has 2 heterocycles. The monoisotopic (exact) mass is 365 g/mol. The Kier molecular flexibility index (Phi) is 4.59. The Morgan fingerprint density at radius 2 is 1.96 bits per heavy atom. The first-order valence-electron chi connectivity index (χ1n) is 7.28. The summed E-state index contributed by atoms with van der Waals surface area (Å²) in [6.07, 6.45) is 6.09. The minimum absolute atomic E-state index is 0.133. The van der Waals surface area contributed by atoms with Crippen LogP contribution >= 0.6 is 11.6 Å². The average molecular weight is 366 g/mol. The first kappa shape index (κ1) is 16.5. The minimum Gasteiger partial charge on any atom is -0.280 e. The van der Waals surface area contributed by atoms with Crippen molar-refractivity contribution in [3.8, 4) is 0 Å². The molecular weight excluding hydrogens is 350 g/mol. The average Bonchev–Trinajstić information content (AvgIpc) is 3.16. The topological polar surface area (TPSA) is 81.8 Å². The van der Waals surface area contributed by atoms with Crippen molar-refractivity contribution in [2.75, 3.05) is 4.72 Å². The molecule has 0 unspecified atom stereocenters. The van der Waals surface area contributed by atoms with Gasteiger partial charge in [-0.25, -0.2) is 8.42 Å². The quantitative estimate of drug-likeness (QED) is 0.728. The van der Waals surface area contributed by atoms with Gasteiger partial charge in [-0.15, -0.1) is 0 Å². The van der Waals surface area contributed by atoms with E-state index in [0.717, 1.165) is 5.56 Å². The van der Waals surface area contributed by atoms with Crippen molar-refractivity contribution in [1.29, 1.82) is 0 Å². The van der Waals surface area contributed by atoms with Crippen LogP contribution in [-0.4, -0.2) is 28.0 Å². The lowest BCUT2D eigenvalue weighted by molar-refractivity contribution is 0.600. The van der Waals surface area contributed by atoms with Crippen molar-refractivity contribution in [2.24, 2.45) is 0 Å². The van der Waals surface area contributed by atoms with Crippen LogP contribution in [0, 0.1) is 0 Å². The minimum atomic E-state index is -3.66. The highest BCUT2D eigenvalue weighted by Gasteiger charge is 2.16. The second-order valence-corrected chi connectivity index (χ2v) is 7.31. The van der Waals surface area contributed by atoms with Gasteiger partial charge >= 0.3 is 0 Å². The summed E-state index contributed by atoms with van der Waals surface area (Å²) in [4.78, 5) is 0.133. The van der Waals surface area contributed by atoms with E-state index in [1.165, 1.54) is 12.4 Å². The summed E-state index contributed by atoms with van der Waals surface area (Å²) < 4.78 is 30.6. The molecule has 1 aromatic carbocycles. The number of aromatic nitrogens is 4. The van der Waals surface area contributed by atoms with E-state index in [1.54, 1.807) is 40.0 Å². The number of sulfonamides is 1. The van der Waals surface area contributed by atoms with Crippen LogP contribution in [-0.2, 0) is 23.1 Å². The van der Waals surface area contributed by atoms with E-state index < -0.39 is 10.0 Å². The van der Waals surface area contributed by atoms with Crippen molar-refractivity contribution in [3.63, 3.8) is 0 Å². The van der Waals surface area contributed by atoms with E-state index in [4.69, 9.17) is 11.6 Å². The third kappa shape index (κ3) is 3.77. The molecule has 0 aliphatic rings.